The molecule has 246 valence electrons. The van der Waals surface area contributed by atoms with E-state index in [9.17, 15) is 14.6 Å². The Morgan fingerprint density at radius 1 is 0.659 bits per heavy atom. The van der Waals surface area contributed by atoms with Gasteiger partial charge in [0.05, 0.1) is 18.8 Å². The normalized spacial score (nSPS) is 15.0. The van der Waals surface area contributed by atoms with E-state index in [1.54, 1.807) is 0 Å². The average Bonchev–Trinajstić information content (AvgIpc) is 2.94. The predicted molar refractivity (Wildman–Crippen MR) is 183 cm³/mol. The van der Waals surface area contributed by atoms with Gasteiger partial charge in [0, 0.05) is 15.5 Å². The van der Waals surface area contributed by atoms with E-state index < -0.39 is 18.4 Å². The lowest BCUT2D eigenvalue weighted by molar-refractivity contribution is 0.128. The highest BCUT2D eigenvalue weighted by molar-refractivity contribution is 9.39. The van der Waals surface area contributed by atoms with Gasteiger partial charge in [-0.3, -0.25) is 4.52 Å². The third-order valence-electron chi connectivity index (χ3n) is 8.07. The topological polar surface area (TPSA) is 78.8 Å². The molecule has 0 saturated carbocycles. The van der Waals surface area contributed by atoms with Gasteiger partial charge in [0.2, 0.25) is 0 Å². The van der Waals surface area contributed by atoms with Crippen LogP contribution in [0.25, 0.3) is 0 Å². The maximum Gasteiger partial charge on any atom is 0.393 e. The van der Waals surface area contributed by atoms with Crippen molar-refractivity contribution in [1.29, 1.82) is 0 Å². The first kappa shape index (κ1) is 41.3. The fourth-order valence-electron chi connectivity index (χ4n) is 5.35. The first-order valence-corrected chi connectivity index (χ1v) is 21.3. The Kier molecular flexibility index (Phi) is 31.9. The van der Waals surface area contributed by atoms with Crippen molar-refractivity contribution in [1.82, 2.24) is 5.32 Å². The predicted octanol–water partition coefficient (Wildman–Crippen LogP) is 11.6. The first-order chi connectivity index (χ1) is 19.9. The van der Waals surface area contributed by atoms with Crippen molar-refractivity contribution in [2.75, 3.05) is 13.2 Å². The molecule has 3 N–H and O–H groups in total. The van der Waals surface area contributed by atoms with Crippen LogP contribution in [-0.2, 0) is 9.09 Å². The average molecular weight is 667 g/mol. The number of aliphatic hydroxyl groups excluding tert-OH is 1. The molecule has 0 aliphatic heterocycles. The molecule has 41 heavy (non-hydrogen) atoms. The summed E-state index contributed by atoms with van der Waals surface area (Å²) in [6.45, 7) is 5.30. The molecule has 0 aromatic rings. The molecule has 0 heterocycles. The zero-order valence-electron chi connectivity index (χ0n) is 27.1. The van der Waals surface area contributed by atoms with E-state index in [-0.39, 0.29) is 6.61 Å². The van der Waals surface area contributed by atoms with Crippen LogP contribution in [0.5, 0.6) is 0 Å². The van der Waals surface area contributed by atoms with Crippen molar-refractivity contribution in [2.45, 2.75) is 193 Å². The molecule has 0 bridgehead atoms. The van der Waals surface area contributed by atoms with E-state index >= 15 is 0 Å². The van der Waals surface area contributed by atoms with Gasteiger partial charge in [0.1, 0.15) is 0 Å². The molecule has 5 nitrogen and oxygen atoms in total. The number of allylic oxidation sites excluding steroid dienone is 1. The van der Waals surface area contributed by atoms with Crippen molar-refractivity contribution in [3.63, 3.8) is 0 Å². The van der Waals surface area contributed by atoms with E-state index in [4.69, 9.17) is 4.52 Å². The van der Waals surface area contributed by atoms with Crippen molar-refractivity contribution >= 4 is 21.8 Å². The third-order valence-corrected chi connectivity index (χ3v) is 9.15. The van der Waals surface area contributed by atoms with Crippen LogP contribution in [0.3, 0.4) is 0 Å². The number of nitrogens with one attached hydrogen (secondary N) is 1. The van der Waals surface area contributed by atoms with Gasteiger partial charge in [0.15, 0.2) is 0 Å². The maximum absolute atomic E-state index is 11.6. The van der Waals surface area contributed by atoms with E-state index in [1.807, 2.05) is 12.2 Å². The largest absolute Gasteiger partial charge is 0.393 e. The minimum absolute atomic E-state index is 0.0123. The lowest BCUT2D eigenvalue weighted by Crippen LogP contribution is -2.42. The van der Waals surface area contributed by atoms with Crippen LogP contribution in [0.15, 0.2) is 12.2 Å². The quantitative estimate of drug-likeness (QED) is 0.0369. The van der Waals surface area contributed by atoms with Crippen LogP contribution >= 0.6 is 21.8 Å². The third kappa shape index (κ3) is 33.0. The number of unbranched alkanes of at least 4 members (excludes halogenated alkanes) is 24. The summed E-state index contributed by atoms with van der Waals surface area (Å²) < 4.78 is 16.6. The molecule has 0 spiro atoms. The fourth-order valence-corrected chi connectivity index (χ4v) is 6.05. The van der Waals surface area contributed by atoms with E-state index in [0.29, 0.717) is 0 Å². The molecule has 0 amide bonds. The van der Waals surface area contributed by atoms with Crippen LogP contribution in [0.4, 0.5) is 0 Å². The number of rotatable bonds is 33. The SMILES string of the molecule is CCCCCCCCCCCCC/C=C/[C@@H](O)[C@H](COP(=O)(O)Br)NCCCCCCCCCCCCCCCC. The molecule has 0 aliphatic carbocycles. The van der Waals surface area contributed by atoms with Crippen LogP contribution < -0.4 is 5.32 Å². The van der Waals surface area contributed by atoms with Gasteiger partial charge >= 0.3 is 6.30 Å². The number of hydrogen-bond acceptors (Lipinski definition) is 4. The molecule has 7 heteroatoms. The molecule has 1 unspecified atom stereocenters. The molecular weight excluding hydrogens is 597 g/mol. The number of hydrogen-bond donors (Lipinski definition) is 3. The molecule has 0 fully saturated rings. The Morgan fingerprint density at radius 2 is 1.02 bits per heavy atom. The van der Waals surface area contributed by atoms with Crippen molar-refractivity contribution in [3.05, 3.63) is 12.2 Å². The molecule has 3 atom stereocenters. The molecule has 0 saturated heterocycles. The highest BCUT2D eigenvalue weighted by atomic mass is 79.9. The highest BCUT2D eigenvalue weighted by Crippen LogP contribution is 2.50. The molecule has 0 aromatic heterocycles. The summed E-state index contributed by atoms with van der Waals surface area (Å²) in [5, 5.41) is 14.0. The molecule has 0 radical (unpaired) electrons. The summed E-state index contributed by atoms with van der Waals surface area (Å²) in [5.41, 5.74) is 0. The second-order valence-corrected chi connectivity index (χ2v) is 16.0. The minimum atomic E-state index is -3.76. The van der Waals surface area contributed by atoms with Crippen molar-refractivity contribution in [2.24, 2.45) is 0 Å². The first-order valence-electron chi connectivity index (χ1n) is 17.7. The second kappa shape index (κ2) is 31.7. The van der Waals surface area contributed by atoms with Gasteiger partial charge < -0.3 is 15.3 Å². The smallest absolute Gasteiger partial charge is 0.387 e. The zero-order valence-corrected chi connectivity index (χ0v) is 29.6. The summed E-state index contributed by atoms with van der Waals surface area (Å²) in [7, 11) is 0. The Bertz CT molecular complexity index is 601. The summed E-state index contributed by atoms with van der Waals surface area (Å²) in [6, 6.07) is -0.399. The second-order valence-electron chi connectivity index (χ2n) is 12.1. The van der Waals surface area contributed by atoms with Crippen LogP contribution in [0, 0.1) is 0 Å². The van der Waals surface area contributed by atoms with Gasteiger partial charge in [0.25, 0.3) is 0 Å². The van der Waals surface area contributed by atoms with Crippen molar-refractivity contribution in [3.8, 4) is 0 Å². The highest BCUT2D eigenvalue weighted by Gasteiger charge is 2.21. The zero-order chi connectivity index (χ0) is 30.3. The molecular formula is C34H69BrNO4P. The van der Waals surface area contributed by atoms with Crippen LogP contribution in [-0.4, -0.2) is 35.3 Å². The molecule has 0 aromatic carbocycles. The van der Waals surface area contributed by atoms with E-state index in [1.165, 1.54) is 148 Å². The lowest BCUT2D eigenvalue weighted by atomic mass is 10.0. The van der Waals surface area contributed by atoms with Crippen LogP contribution in [0.2, 0.25) is 0 Å². The van der Waals surface area contributed by atoms with E-state index in [2.05, 4.69) is 34.7 Å². The summed E-state index contributed by atoms with van der Waals surface area (Å²) >= 11 is 2.68. The Hall–Kier alpha value is 0.290. The van der Waals surface area contributed by atoms with E-state index in [0.717, 1.165) is 25.8 Å². The lowest BCUT2D eigenvalue weighted by Gasteiger charge is -2.22. The van der Waals surface area contributed by atoms with Gasteiger partial charge in [-0.2, -0.15) is 0 Å². The minimum Gasteiger partial charge on any atom is -0.387 e. The van der Waals surface area contributed by atoms with Gasteiger partial charge in [-0.15, -0.1) is 0 Å². The Balaban J connectivity index is 3.91. The molecule has 0 rings (SSSR count). The van der Waals surface area contributed by atoms with Gasteiger partial charge in [-0.1, -0.05) is 174 Å². The van der Waals surface area contributed by atoms with Gasteiger partial charge in [-0.05, 0) is 25.8 Å². The number of halogens is 1. The van der Waals surface area contributed by atoms with Crippen molar-refractivity contribution < 1.29 is 19.1 Å². The summed E-state index contributed by atoms with van der Waals surface area (Å²) in [4.78, 5) is 9.47. The van der Waals surface area contributed by atoms with Gasteiger partial charge in [-0.25, -0.2) is 4.57 Å². The monoisotopic (exact) mass is 665 g/mol. The maximum atomic E-state index is 11.6. The summed E-state index contributed by atoms with van der Waals surface area (Å²) in [6.07, 6.45) is 33.5. The fraction of sp³-hybridized carbons (Fsp3) is 0.941. The standard InChI is InChI=1S/C34H69BrNO4P/c1-3-5-7-9-11-13-15-17-19-21-23-25-27-29-31-36-33(32-40-41(35,38)39)34(37)30-28-26-24-22-20-18-16-14-12-10-8-6-4-2/h28,30,33-34,36-37H,3-27,29,31-32H2,1-2H3,(H,38,39)/b30-28+/t33-,34+/m0/s1. The number of aliphatic hydroxyl groups is 1. The van der Waals surface area contributed by atoms with Crippen LogP contribution in [0.1, 0.15) is 181 Å². The molecule has 0 aliphatic rings. The Morgan fingerprint density at radius 3 is 1.41 bits per heavy atom. The summed E-state index contributed by atoms with van der Waals surface area (Å²) in [5.74, 6) is 0. The Labute approximate surface area is 263 Å².